The number of allylic oxidation sites excluding steroid dienone is 4. The standard InChI is InChI=1S/C6H8I2/c1-5(7)3-4-6(2)8/h3-4H,1-2H3/b5-3-,6-4-. The number of hydrogen-bond donors (Lipinski definition) is 0. The molecule has 0 atom stereocenters. The van der Waals surface area contributed by atoms with Crippen LogP contribution < -0.4 is 0 Å². The highest BCUT2D eigenvalue weighted by Crippen LogP contribution is 2.07. The maximum absolute atomic E-state index is 2.29. The van der Waals surface area contributed by atoms with Gasteiger partial charge in [-0.25, -0.2) is 0 Å². The van der Waals surface area contributed by atoms with E-state index >= 15 is 0 Å². The Morgan fingerprint density at radius 1 is 1.00 bits per heavy atom. The number of halogens is 2. The quantitative estimate of drug-likeness (QED) is 0.507. The van der Waals surface area contributed by atoms with Gasteiger partial charge in [0.15, 0.2) is 0 Å². The molecule has 0 aromatic rings. The van der Waals surface area contributed by atoms with Crippen molar-refractivity contribution < 1.29 is 0 Å². The Balaban J connectivity index is 3.76. The summed E-state index contributed by atoms with van der Waals surface area (Å²) in [6.45, 7) is 4.16. The Morgan fingerprint density at radius 3 is 1.38 bits per heavy atom. The molecule has 0 heterocycles. The highest BCUT2D eigenvalue weighted by molar-refractivity contribution is 14.1. The van der Waals surface area contributed by atoms with Gasteiger partial charge in [-0.2, -0.15) is 0 Å². The fraction of sp³-hybridized carbons (Fsp3) is 0.333. The Kier molecular flexibility index (Phi) is 5.35. The Hall–Kier alpha value is 0.940. The smallest absolute Gasteiger partial charge is 0.0125 e. The molecule has 0 spiro atoms. The molecular weight excluding hydrogens is 326 g/mol. The summed E-state index contributed by atoms with van der Waals surface area (Å²) in [6, 6.07) is 0. The van der Waals surface area contributed by atoms with Gasteiger partial charge in [0.1, 0.15) is 0 Å². The first kappa shape index (κ1) is 8.94. The predicted molar refractivity (Wildman–Crippen MR) is 55.6 cm³/mol. The maximum atomic E-state index is 2.29. The molecule has 0 fully saturated rings. The van der Waals surface area contributed by atoms with Gasteiger partial charge >= 0.3 is 0 Å². The lowest BCUT2D eigenvalue weighted by molar-refractivity contribution is 1.66. The molecule has 0 unspecified atom stereocenters. The summed E-state index contributed by atoms with van der Waals surface area (Å²) in [5.74, 6) is 0. The van der Waals surface area contributed by atoms with E-state index in [0.29, 0.717) is 0 Å². The average molecular weight is 334 g/mol. The molecule has 8 heavy (non-hydrogen) atoms. The van der Waals surface area contributed by atoms with Crippen LogP contribution in [0.2, 0.25) is 0 Å². The van der Waals surface area contributed by atoms with E-state index in [-0.39, 0.29) is 0 Å². The van der Waals surface area contributed by atoms with Crippen LogP contribution in [0.4, 0.5) is 0 Å². The van der Waals surface area contributed by atoms with Gasteiger partial charge in [-0.3, -0.25) is 0 Å². The zero-order valence-corrected chi connectivity index (χ0v) is 9.23. The highest BCUT2D eigenvalue weighted by atomic mass is 127. The first-order valence-corrected chi connectivity index (χ1v) is 4.45. The molecule has 46 valence electrons. The molecule has 0 saturated carbocycles. The van der Waals surface area contributed by atoms with Crippen LogP contribution in [0.5, 0.6) is 0 Å². The van der Waals surface area contributed by atoms with Crippen molar-refractivity contribution in [2.75, 3.05) is 0 Å². The van der Waals surface area contributed by atoms with Crippen molar-refractivity contribution in [3.05, 3.63) is 19.3 Å². The van der Waals surface area contributed by atoms with E-state index in [4.69, 9.17) is 0 Å². The molecule has 0 nitrogen and oxygen atoms in total. The summed E-state index contributed by atoms with van der Waals surface area (Å²) in [5, 5.41) is 0. The maximum Gasteiger partial charge on any atom is -0.0125 e. The Labute approximate surface area is 77.7 Å². The normalized spacial score (nSPS) is 14.5. The van der Waals surface area contributed by atoms with Crippen LogP contribution >= 0.6 is 45.2 Å². The van der Waals surface area contributed by atoms with Gasteiger partial charge in [-0.05, 0) is 66.2 Å². The number of hydrogen-bond acceptors (Lipinski definition) is 0. The monoisotopic (exact) mass is 334 g/mol. The van der Waals surface area contributed by atoms with Crippen molar-refractivity contribution >= 4 is 45.2 Å². The van der Waals surface area contributed by atoms with Gasteiger partial charge in [0.25, 0.3) is 0 Å². The molecule has 0 saturated heterocycles. The van der Waals surface area contributed by atoms with Crippen LogP contribution in [0, 0.1) is 0 Å². The highest BCUT2D eigenvalue weighted by Gasteiger charge is 1.74. The summed E-state index contributed by atoms with van der Waals surface area (Å²) in [7, 11) is 0. The summed E-state index contributed by atoms with van der Waals surface area (Å²) in [4.78, 5) is 0. The molecule has 0 aliphatic carbocycles. The van der Waals surface area contributed by atoms with E-state index in [1.807, 2.05) is 0 Å². The molecular formula is C6H8I2. The lowest BCUT2D eigenvalue weighted by Crippen LogP contribution is -1.55. The van der Waals surface area contributed by atoms with Crippen LogP contribution in [-0.2, 0) is 0 Å². The van der Waals surface area contributed by atoms with Crippen molar-refractivity contribution in [2.45, 2.75) is 13.8 Å². The molecule has 0 aliphatic rings. The molecule has 0 N–H and O–H groups in total. The van der Waals surface area contributed by atoms with Crippen molar-refractivity contribution in [3.8, 4) is 0 Å². The minimum absolute atomic E-state index is 1.32. The third kappa shape index (κ3) is 6.94. The van der Waals surface area contributed by atoms with Crippen LogP contribution in [-0.4, -0.2) is 0 Å². The molecule has 0 aromatic heterocycles. The lowest BCUT2D eigenvalue weighted by atomic mass is 10.5. The second-order valence-electron chi connectivity index (χ2n) is 1.51. The van der Waals surface area contributed by atoms with Crippen molar-refractivity contribution in [1.82, 2.24) is 0 Å². The van der Waals surface area contributed by atoms with Crippen LogP contribution in [0.1, 0.15) is 13.8 Å². The first-order chi connectivity index (χ1) is 3.63. The molecule has 0 amide bonds. The molecule has 0 aliphatic heterocycles. The van der Waals surface area contributed by atoms with E-state index < -0.39 is 0 Å². The van der Waals surface area contributed by atoms with Gasteiger partial charge in [0.2, 0.25) is 0 Å². The average Bonchev–Trinajstić information content (AvgIpc) is 1.61. The summed E-state index contributed by atoms with van der Waals surface area (Å²) in [6.07, 6.45) is 4.20. The van der Waals surface area contributed by atoms with Crippen LogP contribution in [0.3, 0.4) is 0 Å². The van der Waals surface area contributed by atoms with E-state index in [1.165, 1.54) is 7.16 Å². The Bertz CT molecular complexity index is 98.5. The van der Waals surface area contributed by atoms with E-state index in [2.05, 4.69) is 71.2 Å². The molecule has 0 bridgehead atoms. The second kappa shape index (κ2) is 4.78. The summed E-state index contributed by atoms with van der Waals surface area (Å²) < 4.78 is 2.64. The SMILES string of the molecule is C/C(I)=C/C=C(/C)I. The van der Waals surface area contributed by atoms with Crippen molar-refractivity contribution in [2.24, 2.45) is 0 Å². The van der Waals surface area contributed by atoms with Crippen molar-refractivity contribution in [3.63, 3.8) is 0 Å². The van der Waals surface area contributed by atoms with Gasteiger partial charge in [-0.15, -0.1) is 0 Å². The summed E-state index contributed by atoms with van der Waals surface area (Å²) >= 11 is 4.58. The third-order valence-electron chi connectivity index (χ3n) is 0.543. The minimum Gasteiger partial charge on any atom is -0.0525 e. The predicted octanol–water partition coefficient (Wildman–Crippen LogP) is 3.66. The van der Waals surface area contributed by atoms with Crippen molar-refractivity contribution in [1.29, 1.82) is 0 Å². The molecule has 0 aromatic carbocycles. The fourth-order valence-corrected chi connectivity index (χ4v) is 0.589. The van der Waals surface area contributed by atoms with Gasteiger partial charge in [0, 0.05) is 0 Å². The molecule has 2 heteroatoms. The lowest BCUT2D eigenvalue weighted by Gasteiger charge is -1.81. The first-order valence-electron chi connectivity index (χ1n) is 2.29. The fourth-order valence-electron chi connectivity index (χ4n) is 0.230. The van der Waals surface area contributed by atoms with Gasteiger partial charge in [0.05, 0.1) is 0 Å². The summed E-state index contributed by atoms with van der Waals surface area (Å²) in [5.41, 5.74) is 0. The molecule has 0 rings (SSSR count). The van der Waals surface area contributed by atoms with E-state index in [1.54, 1.807) is 0 Å². The van der Waals surface area contributed by atoms with Gasteiger partial charge in [-0.1, -0.05) is 12.2 Å². The molecule has 0 radical (unpaired) electrons. The zero-order valence-electron chi connectivity index (χ0n) is 4.91. The van der Waals surface area contributed by atoms with E-state index in [9.17, 15) is 0 Å². The minimum atomic E-state index is 1.32. The zero-order chi connectivity index (χ0) is 6.57. The largest absolute Gasteiger partial charge is 0.0525 e. The van der Waals surface area contributed by atoms with Gasteiger partial charge < -0.3 is 0 Å². The second-order valence-corrected chi connectivity index (χ2v) is 4.91. The van der Waals surface area contributed by atoms with Crippen LogP contribution in [0.25, 0.3) is 0 Å². The third-order valence-corrected chi connectivity index (χ3v) is 1.26. The van der Waals surface area contributed by atoms with Crippen LogP contribution in [0.15, 0.2) is 19.3 Å². The van der Waals surface area contributed by atoms with E-state index in [0.717, 1.165) is 0 Å². The topological polar surface area (TPSA) is 0 Å². The number of rotatable bonds is 1. The Morgan fingerprint density at radius 2 is 1.25 bits per heavy atom.